The van der Waals surface area contributed by atoms with Gasteiger partial charge in [0, 0.05) is 38.3 Å². The molecule has 2 fully saturated rings. The molecule has 1 saturated heterocycles. The fourth-order valence-electron chi connectivity index (χ4n) is 3.57. The van der Waals surface area contributed by atoms with Crippen molar-refractivity contribution in [3.8, 4) is 0 Å². The molecule has 2 unspecified atom stereocenters. The predicted molar refractivity (Wildman–Crippen MR) is 66.4 cm³/mol. The highest BCUT2D eigenvalue weighted by atomic mass is 15.3. The highest BCUT2D eigenvalue weighted by Gasteiger charge is 2.38. The molecule has 1 N–H and O–H groups in total. The summed E-state index contributed by atoms with van der Waals surface area (Å²) in [5, 5.41) is 3.37. The molecule has 4 nitrogen and oxygen atoms in total. The smallest absolute Gasteiger partial charge is 0.225 e. The molecule has 0 spiro atoms. The summed E-state index contributed by atoms with van der Waals surface area (Å²) in [4.78, 5) is 11.7. The first-order valence-electron chi connectivity index (χ1n) is 6.74. The number of nitrogens with zero attached hydrogens (tertiary/aromatic N) is 3. The van der Waals surface area contributed by atoms with Crippen molar-refractivity contribution in [2.75, 3.05) is 31.1 Å². The van der Waals surface area contributed by atoms with Crippen LogP contribution in [0.15, 0.2) is 6.20 Å². The minimum absolute atomic E-state index is 0.736. The molecule has 3 aliphatic rings. The molecule has 1 aromatic rings. The molecule has 17 heavy (non-hydrogen) atoms. The van der Waals surface area contributed by atoms with E-state index < -0.39 is 0 Å². The number of nitrogens with one attached hydrogen (secondary N) is 1. The summed E-state index contributed by atoms with van der Waals surface area (Å²) in [5.41, 5.74) is 2.81. The van der Waals surface area contributed by atoms with Crippen LogP contribution in [0.4, 0.5) is 5.95 Å². The number of aromatic nitrogens is 2. The van der Waals surface area contributed by atoms with Crippen molar-refractivity contribution in [3.63, 3.8) is 0 Å². The summed E-state index contributed by atoms with van der Waals surface area (Å²) < 4.78 is 0. The Balaban J connectivity index is 1.67. The monoisotopic (exact) mass is 230 g/mol. The highest BCUT2D eigenvalue weighted by Crippen LogP contribution is 2.52. The summed E-state index contributed by atoms with van der Waals surface area (Å²) >= 11 is 0. The molecule has 4 rings (SSSR count). The highest BCUT2D eigenvalue weighted by molar-refractivity contribution is 5.41. The molecule has 2 atom stereocenters. The predicted octanol–water partition coefficient (Wildman–Crippen LogP) is 1.25. The van der Waals surface area contributed by atoms with Gasteiger partial charge >= 0.3 is 0 Å². The second kappa shape index (κ2) is 3.67. The van der Waals surface area contributed by atoms with Crippen LogP contribution in [0.3, 0.4) is 0 Å². The maximum Gasteiger partial charge on any atom is 0.225 e. The van der Waals surface area contributed by atoms with E-state index in [4.69, 9.17) is 4.98 Å². The van der Waals surface area contributed by atoms with Gasteiger partial charge in [-0.05, 0) is 30.7 Å². The average Bonchev–Trinajstić information content (AvgIpc) is 3.01. The van der Waals surface area contributed by atoms with E-state index in [0.29, 0.717) is 0 Å². The number of hydrogen-bond acceptors (Lipinski definition) is 4. The topological polar surface area (TPSA) is 41.1 Å². The number of hydrogen-bond donors (Lipinski definition) is 1. The molecule has 0 aromatic carbocycles. The van der Waals surface area contributed by atoms with Gasteiger partial charge in [-0.25, -0.2) is 9.97 Å². The third-order valence-electron chi connectivity index (χ3n) is 4.49. The van der Waals surface area contributed by atoms with Gasteiger partial charge in [0.2, 0.25) is 5.95 Å². The SMILES string of the molecule is c1nc(N2CCNCC2)nc2c1C1CCC2C1. The van der Waals surface area contributed by atoms with Gasteiger partial charge in [-0.1, -0.05) is 0 Å². The number of piperazine rings is 1. The van der Waals surface area contributed by atoms with E-state index >= 15 is 0 Å². The van der Waals surface area contributed by atoms with E-state index in [-0.39, 0.29) is 0 Å². The minimum Gasteiger partial charge on any atom is -0.338 e. The maximum absolute atomic E-state index is 4.85. The first kappa shape index (κ1) is 9.83. The lowest BCUT2D eigenvalue weighted by molar-refractivity contribution is 0.576. The van der Waals surface area contributed by atoms with Gasteiger partial charge in [-0.3, -0.25) is 0 Å². The van der Waals surface area contributed by atoms with Crippen molar-refractivity contribution in [3.05, 3.63) is 17.5 Å². The molecular formula is C13H18N4. The molecule has 1 aromatic heterocycles. The molecule has 90 valence electrons. The zero-order valence-corrected chi connectivity index (χ0v) is 10.0. The molecular weight excluding hydrogens is 212 g/mol. The van der Waals surface area contributed by atoms with E-state index in [1.165, 1.54) is 30.5 Å². The Morgan fingerprint density at radius 3 is 2.88 bits per heavy atom. The zero-order valence-electron chi connectivity index (χ0n) is 10.0. The van der Waals surface area contributed by atoms with Gasteiger partial charge < -0.3 is 10.2 Å². The van der Waals surface area contributed by atoms with Crippen molar-refractivity contribution in [2.45, 2.75) is 31.1 Å². The van der Waals surface area contributed by atoms with Crippen molar-refractivity contribution in [1.82, 2.24) is 15.3 Å². The average molecular weight is 230 g/mol. The summed E-state index contributed by atoms with van der Waals surface area (Å²) in [6, 6.07) is 0. The standard InChI is InChI=1S/C13H18N4/c1-2-10-7-9(1)11-8-15-13(16-12(10)11)17-5-3-14-4-6-17/h8-10,14H,1-7H2. The quantitative estimate of drug-likeness (QED) is 0.788. The number of anilines is 1. The van der Waals surface area contributed by atoms with Crippen molar-refractivity contribution < 1.29 is 0 Å². The van der Waals surface area contributed by atoms with Crippen molar-refractivity contribution in [2.24, 2.45) is 0 Å². The Kier molecular flexibility index (Phi) is 2.12. The van der Waals surface area contributed by atoms with Crippen molar-refractivity contribution in [1.29, 1.82) is 0 Å². The maximum atomic E-state index is 4.85. The molecule has 0 radical (unpaired) electrons. The molecule has 0 amide bonds. The van der Waals surface area contributed by atoms with Crippen LogP contribution < -0.4 is 10.2 Å². The largest absolute Gasteiger partial charge is 0.338 e. The first-order valence-corrected chi connectivity index (χ1v) is 6.74. The summed E-state index contributed by atoms with van der Waals surface area (Å²) in [6.07, 6.45) is 6.13. The Bertz CT molecular complexity index is 439. The Morgan fingerprint density at radius 1 is 1.18 bits per heavy atom. The van der Waals surface area contributed by atoms with Crippen LogP contribution in [-0.4, -0.2) is 36.1 Å². The van der Waals surface area contributed by atoms with Crippen LogP contribution in [0.5, 0.6) is 0 Å². The van der Waals surface area contributed by atoms with E-state index in [1.54, 1.807) is 0 Å². The molecule has 2 heterocycles. The van der Waals surface area contributed by atoms with E-state index in [1.807, 2.05) is 0 Å². The van der Waals surface area contributed by atoms with Gasteiger partial charge in [-0.15, -0.1) is 0 Å². The number of fused-ring (bicyclic) bond motifs is 5. The normalized spacial score (nSPS) is 30.7. The molecule has 1 saturated carbocycles. The summed E-state index contributed by atoms with van der Waals surface area (Å²) in [7, 11) is 0. The third kappa shape index (κ3) is 1.47. The lowest BCUT2D eigenvalue weighted by atomic mass is 9.98. The van der Waals surface area contributed by atoms with Crippen molar-refractivity contribution >= 4 is 5.95 Å². The summed E-state index contributed by atoms with van der Waals surface area (Å²) in [5.74, 6) is 2.46. The minimum atomic E-state index is 0.736. The van der Waals surface area contributed by atoms with Gasteiger partial charge in [0.15, 0.2) is 0 Å². The van der Waals surface area contributed by atoms with Crippen LogP contribution in [0.2, 0.25) is 0 Å². The third-order valence-corrected chi connectivity index (χ3v) is 4.49. The Morgan fingerprint density at radius 2 is 2.00 bits per heavy atom. The van der Waals surface area contributed by atoms with Crippen LogP contribution >= 0.6 is 0 Å². The fourth-order valence-corrected chi connectivity index (χ4v) is 3.57. The first-order chi connectivity index (χ1) is 8.42. The van der Waals surface area contributed by atoms with Crippen LogP contribution in [0.25, 0.3) is 0 Å². The second-order valence-electron chi connectivity index (χ2n) is 5.45. The molecule has 2 bridgehead atoms. The Labute approximate surface area is 101 Å². The second-order valence-corrected chi connectivity index (χ2v) is 5.45. The Hall–Kier alpha value is -1.16. The zero-order chi connectivity index (χ0) is 11.2. The van der Waals surface area contributed by atoms with Crippen LogP contribution in [0, 0.1) is 0 Å². The lowest BCUT2D eigenvalue weighted by Crippen LogP contribution is -2.44. The summed E-state index contributed by atoms with van der Waals surface area (Å²) in [6.45, 7) is 4.17. The molecule has 4 heteroatoms. The molecule has 2 aliphatic carbocycles. The van der Waals surface area contributed by atoms with Crippen LogP contribution in [-0.2, 0) is 0 Å². The fraction of sp³-hybridized carbons (Fsp3) is 0.692. The van der Waals surface area contributed by atoms with E-state index in [0.717, 1.165) is 44.0 Å². The lowest BCUT2D eigenvalue weighted by Gasteiger charge is -2.28. The molecule has 1 aliphatic heterocycles. The van der Waals surface area contributed by atoms with Gasteiger partial charge in [0.05, 0.1) is 5.69 Å². The van der Waals surface area contributed by atoms with E-state index in [2.05, 4.69) is 21.4 Å². The van der Waals surface area contributed by atoms with Gasteiger partial charge in [0.25, 0.3) is 0 Å². The van der Waals surface area contributed by atoms with Gasteiger partial charge in [0.1, 0.15) is 0 Å². The van der Waals surface area contributed by atoms with Gasteiger partial charge in [-0.2, -0.15) is 0 Å². The number of rotatable bonds is 1. The van der Waals surface area contributed by atoms with E-state index in [9.17, 15) is 0 Å². The van der Waals surface area contributed by atoms with Crippen LogP contribution in [0.1, 0.15) is 42.4 Å².